The van der Waals surface area contributed by atoms with Crippen LogP contribution >= 0.6 is 0 Å². The highest BCUT2D eigenvalue weighted by Crippen LogP contribution is 2.30. The molecular formula is C30H28N8. The minimum Gasteiger partial charge on any atom is -0.308 e. The first-order valence-electron chi connectivity index (χ1n) is 12.9. The van der Waals surface area contributed by atoms with Gasteiger partial charge >= 0.3 is 0 Å². The largest absolute Gasteiger partial charge is 0.308 e. The Kier molecular flexibility index (Phi) is 6.44. The van der Waals surface area contributed by atoms with Gasteiger partial charge in [0.2, 0.25) is 5.82 Å². The van der Waals surface area contributed by atoms with Gasteiger partial charge in [0.25, 0.3) is 0 Å². The third kappa shape index (κ3) is 4.56. The van der Waals surface area contributed by atoms with E-state index < -0.39 is 0 Å². The fraction of sp³-hybridized carbons (Fsp3) is 0.200. The van der Waals surface area contributed by atoms with Crippen molar-refractivity contribution in [2.45, 2.75) is 39.7 Å². The van der Waals surface area contributed by atoms with Crippen molar-refractivity contribution in [3.8, 4) is 33.8 Å². The average molecular weight is 501 g/mol. The Labute approximate surface area is 220 Å². The average Bonchev–Trinajstić information content (AvgIpc) is 3.61. The van der Waals surface area contributed by atoms with E-state index in [0.29, 0.717) is 12.4 Å². The van der Waals surface area contributed by atoms with E-state index in [2.05, 4.69) is 73.5 Å². The quantitative estimate of drug-likeness (QED) is 0.274. The second kappa shape index (κ2) is 10.3. The van der Waals surface area contributed by atoms with Crippen LogP contribution in [0.1, 0.15) is 36.8 Å². The predicted molar refractivity (Wildman–Crippen MR) is 148 cm³/mol. The molecule has 2 aromatic carbocycles. The Bertz CT molecular complexity index is 1670. The molecule has 0 aliphatic rings. The number of imidazole rings is 1. The Hall–Kier alpha value is -4.72. The van der Waals surface area contributed by atoms with Crippen molar-refractivity contribution in [3.05, 3.63) is 96.1 Å². The van der Waals surface area contributed by atoms with Crippen LogP contribution in [0.15, 0.2) is 79.0 Å². The van der Waals surface area contributed by atoms with Gasteiger partial charge in [0.05, 0.1) is 12.2 Å². The van der Waals surface area contributed by atoms with Gasteiger partial charge in [-0.2, -0.15) is 5.21 Å². The molecule has 188 valence electrons. The molecule has 8 heteroatoms. The van der Waals surface area contributed by atoms with Crippen LogP contribution in [-0.4, -0.2) is 40.1 Å². The Balaban J connectivity index is 1.35. The van der Waals surface area contributed by atoms with E-state index in [9.17, 15) is 0 Å². The summed E-state index contributed by atoms with van der Waals surface area (Å²) in [4.78, 5) is 14.6. The van der Waals surface area contributed by atoms with E-state index in [0.717, 1.165) is 69.9 Å². The Morgan fingerprint density at radius 3 is 2.42 bits per heavy atom. The van der Waals surface area contributed by atoms with Gasteiger partial charge < -0.3 is 4.57 Å². The molecule has 1 N–H and O–H groups in total. The minimum atomic E-state index is 0.585. The van der Waals surface area contributed by atoms with Gasteiger partial charge in [-0.25, -0.2) is 9.97 Å². The number of nitrogens with zero attached hydrogens (tertiary/aromatic N) is 7. The number of aryl methyl sites for hydroxylation is 2. The van der Waals surface area contributed by atoms with E-state index in [-0.39, 0.29) is 0 Å². The summed E-state index contributed by atoms with van der Waals surface area (Å²) in [5, 5.41) is 14.6. The lowest BCUT2D eigenvalue weighted by Crippen LogP contribution is -2.06. The molecule has 38 heavy (non-hydrogen) atoms. The molecule has 0 saturated heterocycles. The lowest BCUT2D eigenvalue weighted by atomic mass is 9.98. The fourth-order valence-corrected chi connectivity index (χ4v) is 4.84. The zero-order valence-electron chi connectivity index (χ0n) is 21.5. The molecule has 0 bridgehead atoms. The van der Waals surface area contributed by atoms with Gasteiger partial charge in [-0.05, 0) is 53.4 Å². The molecule has 6 rings (SSSR count). The number of tetrazole rings is 1. The van der Waals surface area contributed by atoms with Crippen LogP contribution in [0.25, 0.3) is 44.9 Å². The van der Waals surface area contributed by atoms with Crippen molar-refractivity contribution in [2.75, 3.05) is 0 Å². The van der Waals surface area contributed by atoms with Crippen molar-refractivity contribution in [1.29, 1.82) is 0 Å². The second-order valence-corrected chi connectivity index (χ2v) is 9.37. The van der Waals surface area contributed by atoms with Crippen LogP contribution in [-0.2, 0) is 13.0 Å². The molecule has 0 atom stereocenters. The minimum absolute atomic E-state index is 0.585. The fourth-order valence-electron chi connectivity index (χ4n) is 4.84. The monoisotopic (exact) mass is 500 g/mol. The number of benzene rings is 2. The number of nitrogens with one attached hydrogen (secondary N) is 1. The van der Waals surface area contributed by atoms with Gasteiger partial charge in [0.15, 0.2) is 5.65 Å². The lowest BCUT2D eigenvalue weighted by Gasteiger charge is -2.11. The number of fused-ring (bicyclic) bond motifs is 1. The van der Waals surface area contributed by atoms with E-state index in [1.54, 1.807) is 0 Å². The number of pyridine rings is 2. The summed E-state index contributed by atoms with van der Waals surface area (Å²) in [6.07, 6.45) is 4.93. The van der Waals surface area contributed by atoms with Crippen molar-refractivity contribution in [2.24, 2.45) is 0 Å². The maximum Gasteiger partial charge on any atom is 0.205 e. The van der Waals surface area contributed by atoms with Gasteiger partial charge in [-0.1, -0.05) is 67.9 Å². The van der Waals surface area contributed by atoms with Crippen molar-refractivity contribution < 1.29 is 0 Å². The molecule has 4 heterocycles. The number of H-pyrrole nitrogens is 1. The molecule has 0 amide bonds. The highest BCUT2D eigenvalue weighted by molar-refractivity contribution is 5.81. The molecule has 0 spiro atoms. The third-order valence-corrected chi connectivity index (χ3v) is 6.80. The third-order valence-electron chi connectivity index (χ3n) is 6.80. The zero-order chi connectivity index (χ0) is 25.9. The number of hydrogen-bond donors (Lipinski definition) is 1. The number of unbranched alkanes of at least 4 members (excludes halogenated alkanes) is 1. The Morgan fingerprint density at radius 2 is 1.68 bits per heavy atom. The summed E-state index contributed by atoms with van der Waals surface area (Å²) in [6, 6.07) is 24.8. The molecule has 0 aliphatic heterocycles. The first kappa shape index (κ1) is 23.7. The number of aromatic nitrogens is 8. The number of hydrogen-bond acceptors (Lipinski definition) is 6. The van der Waals surface area contributed by atoms with E-state index in [4.69, 9.17) is 9.97 Å². The predicted octanol–water partition coefficient (Wildman–Crippen LogP) is 6.04. The summed E-state index contributed by atoms with van der Waals surface area (Å²) in [7, 11) is 0. The van der Waals surface area contributed by atoms with Crippen LogP contribution < -0.4 is 0 Å². The van der Waals surface area contributed by atoms with Gasteiger partial charge in [0, 0.05) is 29.4 Å². The van der Waals surface area contributed by atoms with E-state index >= 15 is 0 Å². The van der Waals surface area contributed by atoms with Crippen LogP contribution in [0, 0.1) is 6.92 Å². The number of rotatable bonds is 8. The topological polar surface area (TPSA) is 98.1 Å². The summed E-state index contributed by atoms with van der Waals surface area (Å²) in [5.41, 5.74) is 9.02. The first-order chi connectivity index (χ1) is 18.7. The van der Waals surface area contributed by atoms with Crippen molar-refractivity contribution in [3.63, 3.8) is 0 Å². The molecule has 8 nitrogen and oxygen atoms in total. The molecule has 6 aromatic rings. The zero-order valence-corrected chi connectivity index (χ0v) is 21.5. The van der Waals surface area contributed by atoms with Crippen LogP contribution in [0.2, 0.25) is 0 Å². The van der Waals surface area contributed by atoms with Crippen LogP contribution in [0.5, 0.6) is 0 Å². The van der Waals surface area contributed by atoms with Crippen molar-refractivity contribution in [1.82, 2.24) is 40.1 Å². The molecule has 0 fully saturated rings. The smallest absolute Gasteiger partial charge is 0.205 e. The van der Waals surface area contributed by atoms with Gasteiger partial charge in [-0.3, -0.25) is 4.98 Å². The van der Waals surface area contributed by atoms with E-state index in [1.165, 1.54) is 5.56 Å². The summed E-state index contributed by atoms with van der Waals surface area (Å²) < 4.78 is 2.27. The molecule has 0 aliphatic carbocycles. The van der Waals surface area contributed by atoms with Crippen LogP contribution in [0.3, 0.4) is 0 Å². The highest BCUT2D eigenvalue weighted by atomic mass is 15.5. The standard InChI is InChI=1S/C30H28N8/c1-3-4-12-28-33-27-18-25(26-11-7-8-17-31-26)20(2)32-30(27)38(28)19-21-13-15-22(16-14-21)23-9-5-6-10-24(23)29-34-36-37-35-29/h5-11,13-18H,3-4,12,19H2,1-2H3,(H,34,35,36,37). The maximum atomic E-state index is 5.03. The molecular weight excluding hydrogens is 472 g/mol. The summed E-state index contributed by atoms with van der Waals surface area (Å²) in [6.45, 7) is 4.96. The maximum absolute atomic E-state index is 5.03. The summed E-state index contributed by atoms with van der Waals surface area (Å²) >= 11 is 0. The van der Waals surface area contributed by atoms with Crippen LogP contribution in [0.4, 0.5) is 0 Å². The first-order valence-corrected chi connectivity index (χ1v) is 12.9. The van der Waals surface area contributed by atoms with Crippen molar-refractivity contribution >= 4 is 11.2 Å². The SMILES string of the molecule is CCCCc1nc2cc(-c3ccccn3)c(C)nc2n1Cc1ccc(-c2ccccc2-c2nn[nH]n2)cc1. The van der Waals surface area contributed by atoms with Gasteiger partial charge in [0.1, 0.15) is 11.3 Å². The molecule has 0 saturated carbocycles. The molecule has 0 unspecified atom stereocenters. The molecule has 4 aromatic heterocycles. The van der Waals surface area contributed by atoms with E-state index in [1.807, 2.05) is 49.5 Å². The second-order valence-electron chi connectivity index (χ2n) is 9.37. The normalized spacial score (nSPS) is 11.3. The number of aromatic amines is 1. The molecule has 0 radical (unpaired) electrons. The van der Waals surface area contributed by atoms with Gasteiger partial charge in [-0.15, -0.1) is 10.2 Å². The highest BCUT2D eigenvalue weighted by Gasteiger charge is 2.16. The summed E-state index contributed by atoms with van der Waals surface area (Å²) in [5.74, 6) is 1.65. The Morgan fingerprint density at radius 1 is 0.868 bits per heavy atom. The lowest BCUT2D eigenvalue weighted by molar-refractivity contribution is 0.686.